The minimum absolute atomic E-state index is 0.0691. The summed E-state index contributed by atoms with van der Waals surface area (Å²) in [6.45, 7) is 0.0691. The Balaban J connectivity index is 1.68. The number of rotatable bonds is 6. The van der Waals surface area contributed by atoms with Crippen LogP contribution in [-0.2, 0) is 20.9 Å². The summed E-state index contributed by atoms with van der Waals surface area (Å²) in [6.07, 6.45) is 2.54. The van der Waals surface area contributed by atoms with Crippen LogP contribution in [0.1, 0.15) is 11.1 Å². The summed E-state index contributed by atoms with van der Waals surface area (Å²) in [7, 11) is 1.22. The Kier molecular flexibility index (Phi) is 6.75. The molecule has 29 heavy (non-hydrogen) atoms. The Morgan fingerprint density at radius 3 is 2.76 bits per heavy atom. The predicted octanol–water partition coefficient (Wildman–Crippen LogP) is 3.01. The van der Waals surface area contributed by atoms with Crippen LogP contribution in [0.25, 0.3) is 0 Å². The van der Waals surface area contributed by atoms with Gasteiger partial charge in [-0.05, 0) is 30.0 Å². The summed E-state index contributed by atoms with van der Waals surface area (Å²) in [5.74, 6) is -0.916. The molecule has 1 aliphatic rings. The van der Waals surface area contributed by atoms with Gasteiger partial charge in [0.15, 0.2) is 5.17 Å². The van der Waals surface area contributed by atoms with Gasteiger partial charge >= 0.3 is 5.97 Å². The maximum absolute atomic E-state index is 13.7. The van der Waals surface area contributed by atoms with E-state index in [2.05, 4.69) is 20.3 Å². The third-order valence-electron chi connectivity index (χ3n) is 3.71. The zero-order valence-electron chi connectivity index (χ0n) is 15.3. The zero-order chi connectivity index (χ0) is 20.6. The number of thioether (sulfide) groups is 1. The molecular weight excluding hydrogens is 397 g/mol. The number of nitrogens with zero attached hydrogens (tertiary/aromatic N) is 2. The first-order valence-electron chi connectivity index (χ1n) is 8.42. The van der Waals surface area contributed by atoms with Crippen LogP contribution in [0.3, 0.4) is 0 Å². The van der Waals surface area contributed by atoms with E-state index < -0.39 is 11.9 Å². The third-order valence-corrected chi connectivity index (χ3v) is 4.61. The van der Waals surface area contributed by atoms with Crippen LogP contribution < -0.4 is 10.1 Å². The first-order valence-corrected chi connectivity index (χ1v) is 9.23. The van der Waals surface area contributed by atoms with Gasteiger partial charge in [0.25, 0.3) is 5.91 Å². The molecule has 0 radical (unpaired) electrons. The molecule has 1 fully saturated rings. The Morgan fingerprint density at radius 1 is 1.21 bits per heavy atom. The van der Waals surface area contributed by atoms with Crippen molar-refractivity contribution in [2.75, 3.05) is 7.11 Å². The molecule has 2 aromatic carbocycles. The van der Waals surface area contributed by atoms with Crippen molar-refractivity contribution in [1.82, 2.24) is 5.32 Å². The van der Waals surface area contributed by atoms with E-state index in [1.165, 1.54) is 19.4 Å². The van der Waals surface area contributed by atoms with Crippen LogP contribution >= 0.6 is 11.8 Å². The van der Waals surface area contributed by atoms with Crippen molar-refractivity contribution in [3.8, 4) is 5.75 Å². The van der Waals surface area contributed by atoms with Gasteiger partial charge in [0.1, 0.15) is 18.2 Å². The van der Waals surface area contributed by atoms with E-state index in [-0.39, 0.29) is 22.5 Å². The van der Waals surface area contributed by atoms with Crippen LogP contribution in [-0.4, -0.2) is 30.4 Å². The number of ether oxygens (including phenoxy) is 2. The average Bonchev–Trinajstić information content (AvgIpc) is 3.07. The van der Waals surface area contributed by atoms with Crippen LogP contribution in [0, 0.1) is 5.82 Å². The standard InChI is InChI=1S/C20H16FN3O4S/c1-27-18(25)10-17-19(26)23-20(29-17)24-22-11-13-6-3-5-9-16(13)28-12-14-7-2-4-8-15(14)21/h2-11H,12H2,1H3,(H,23,24,26)/b17-10+,22-11?. The Labute approximate surface area is 170 Å². The molecule has 1 amide bonds. The number of carbonyl (C=O) groups is 2. The Bertz CT molecular complexity index is 1020. The molecule has 1 heterocycles. The smallest absolute Gasteiger partial charge is 0.331 e. The molecule has 1 aliphatic heterocycles. The first kappa shape index (κ1) is 20.3. The average molecular weight is 413 g/mol. The number of para-hydroxylation sites is 1. The second-order valence-electron chi connectivity index (χ2n) is 5.66. The number of esters is 1. The van der Waals surface area contributed by atoms with E-state index in [1.54, 1.807) is 42.5 Å². The van der Waals surface area contributed by atoms with Crippen molar-refractivity contribution in [2.24, 2.45) is 10.2 Å². The molecule has 0 spiro atoms. The molecule has 0 aliphatic carbocycles. The lowest BCUT2D eigenvalue weighted by Crippen LogP contribution is -2.19. The third kappa shape index (κ3) is 5.52. The minimum Gasteiger partial charge on any atom is -0.488 e. The van der Waals surface area contributed by atoms with Crippen molar-refractivity contribution >= 4 is 35.0 Å². The summed E-state index contributed by atoms with van der Waals surface area (Å²) in [5, 5.41) is 10.6. The van der Waals surface area contributed by atoms with Crippen LogP contribution in [0.15, 0.2) is 69.7 Å². The number of carbonyl (C=O) groups excluding carboxylic acids is 2. The number of amides is 1. The van der Waals surface area contributed by atoms with Gasteiger partial charge in [-0.3, -0.25) is 10.1 Å². The number of halogens is 1. The Hall–Kier alpha value is -3.46. The molecular formula is C20H16FN3O4S. The maximum atomic E-state index is 13.7. The number of hydrogen-bond donors (Lipinski definition) is 1. The lowest BCUT2D eigenvalue weighted by atomic mass is 10.2. The minimum atomic E-state index is -0.631. The molecule has 0 aromatic heterocycles. The highest BCUT2D eigenvalue weighted by Gasteiger charge is 2.25. The van der Waals surface area contributed by atoms with Gasteiger partial charge in [-0.2, -0.15) is 5.10 Å². The predicted molar refractivity (Wildman–Crippen MR) is 108 cm³/mol. The fourth-order valence-corrected chi connectivity index (χ4v) is 3.01. The molecule has 3 rings (SSSR count). The second kappa shape index (κ2) is 9.65. The van der Waals surface area contributed by atoms with E-state index in [0.29, 0.717) is 16.9 Å². The van der Waals surface area contributed by atoms with Crippen molar-refractivity contribution in [1.29, 1.82) is 0 Å². The monoisotopic (exact) mass is 413 g/mol. The quantitative estimate of drug-likeness (QED) is 0.340. The summed E-state index contributed by atoms with van der Waals surface area (Å²) in [5.41, 5.74) is 1.07. The van der Waals surface area contributed by atoms with Gasteiger partial charge < -0.3 is 9.47 Å². The molecule has 1 N–H and O–H groups in total. The zero-order valence-corrected chi connectivity index (χ0v) is 16.1. The summed E-state index contributed by atoms with van der Waals surface area (Å²) in [6, 6.07) is 13.5. The van der Waals surface area contributed by atoms with Crippen molar-refractivity contribution < 1.29 is 23.5 Å². The lowest BCUT2D eigenvalue weighted by Gasteiger charge is -2.09. The fraction of sp³-hybridized carbons (Fsp3) is 0.100. The lowest BCUT2D eigenvalue weighted by molar-refractivity contribution is -0.135. The highest BCUT2D eigenvalue weighted by Crippen LogP contribution is 2.23. The molecule has 1 saturated heterocycles. The molecule has 0 bridgehead atoms. The van der Waals surface area contributed by atoms with Gasteiger partial charge in [-0.25, -0.2) is 9.18 Å². The van der Waals surface area contributed by atoms with Crippen LogP contribution in [0.2, 0.25) is 0 Å². The largest absolute Gasteiger partial charge is 0.488 e. The molecule has 7 nitrogen and oxygen atoms in total. The van der Waals surface area contributed by atoms with Crippen LogP contribution in [0.4, 0.5) is 4.39 Å². The number of methoxy groups -OCH3 is 1. The van der Waals surface area contributed by atoms with E-state index in [4.69, 9.17) is 4.74 Å². The number of hydrogen-bond acceptors (Lipinski definition) is 7. The summed E-state index contributed by atoms with van der Waals surface area (Å²) in [4.78, 5) is 23.2. The first-order chi connectivity index (χ1) is 14.1. The molecule has 0 atom stereocenters. The summed E-state index contributed by atoms with van der Waals surface area (Å²) < 4.78 is 23.9. The van der Waals surface area contributed by atoms with Gasteiger partial charge in [0, 0.05) is 17.2 Å². The number of benzene rings is 2. The highest BCUT2D eigenvalue weighted by molar-refractivity contribution is 8.18. The molecule has 2 aromatic rings. The number of amidine groups is 1. The second-order valence-corrected chi connectivity index (χ2v) is 6.69. The SMILES string of the molecule is COC(=O)/C=C1/S/C(=N\N=Cc2ccccc2OCc2ccccc2F)NC1=O. The van der Waals surface area contributed by atoms with Crippen molar-refractivity contribution in [3.05, 3.63) is 76.5 Å². The van der Waals surface area contributed by atoms with Crippen molar-refractivity contribution in [2.45, 2.75) is 6.61 Å². The normalized spacial score (nSPS) is 16.4. The van der Waals surface area contributed by atoms with Gasteiger partial charge in [-0.1, -0.05) is 30.3 Å². The Morgan fingerprint density at radius 2 is 1.97 bits per heavy atom. The van der Waals surface area contributed by atoms with E-state index >= 15 is 0 Å². The molecule has 9 heteroatoms. The van der Waals surface area contributed by atoms with Gasteiger partial charge in [0.05, 0.1) is 18.2 Å². The van der Waals surface area contributed by atoms with E-state index in [0.717, 1.165) is 17.8 Å². The van der Waals surface area contributed by atoms with Crippen LogP contribution in [0.5, 0.6) is 5.75 Å². The molecule has 148 valence electrons. The van der Waals surface area contributed by atoms with Crippen molar-refractivity contribution in [3.63, 3.8) is 0 Å². The summed E-state index contributed by atoms with van der Waals surface area (Å²) >= 11 is 0.974. The number of nitrogens with one attached hydrogen (secondary N) is 1. The van der Waals surface area contributed by atoms with Gasteiger partial charge in [-0.15, -0.1) is 5.10 Å². The molecule has 0 unspecified atom stereocenters. The van der Waals surface area contributed by atoms with E-state index in [9.17, 15) is 14.0 Å². The molecule has 0 saturated carbocycles. The fourth-order valence-electron chi connectivity index (χ4n) is 2.27. The maximum Gasteiger partial charge on any atom is 0.331 e. The topological polar surface area (TPSA) is 89.3 Å². The highest BCUT2D eigenvalue weighted by atomic mass is 32.2. The van der Waals surface area contributed by atoms with Gasteiger partial charge in [0.2, 0.25) is 0 Å². The van der Waals surface area contributed by atoms with E-state index in [1.807, 2.05) is 0 Å².